The van der Waals surface area contributed by atoms with Crippen LogP contribution in [0.1, 0.15) is 29.8 Å². The average molecular weight is 658 g/mol. The number of carbonyl (C=O) groups excluding carboxylic acids is 3. The molecule has 250 valence electrons. The number of nitrogens with zero attached hydrogens (tertiary/aromatic N) is 2. The number of halogens is 3. The molecular formula is C32H34F3N5O7. The lowest BCUT2D eigenvalue weighted by molar-refractivity contribution is -0.137. The van der Waals surface area contributed by atoms with Gasteiger partial charge in [-0.25, -0.2) is 9.59 Å². The lowest BCUT2D eigenvalue weighted by atomic mass is 9.99. The number of aliphatic hydroxyl groups is 1. The van der Waals surface area contributed by atoms with Crippen molar-refractivity contribution in [2.75, 3.05) is 49.5 Å². The van der Waals surface area contributed by atoms with Gasteiger partial charge in [-0.05, 0) is 61.5 Å². The molecule has 12 nitrogen and oxygen atoms in total. The van der Waals surface area contributed by atoms with Crippen LogP contribution in [0.2, 0.25) is 0 Å². The fraction of sp³-hybridized carbons (Fsp3) is 0.344. The van der Waals surface area contributed by atoms with Gasteiger partial charge in [-0.3, -0.25) is 4.79 Å². The van der Waals surface area contributed by atoms with Crippen molar-refractivity contribution in [1.82, 2.24) is 9.80 Å². The number of amides is 5. The third-order valence-corrected chi connectivity index (χ3v) is 7.82. The third-order valence-electron chi connectivity index (χ3n) is 7.82. The first-order valence-corrected chi connectivity index (χ1v) is 14.7. The Morgan fingerprint density at radius 1 is 0.957 bits per heavy atom. The zero-order valence-corrected chi connectivity index (χ0v) is 25.8. The van der Waals surface area contributed by atoms with Crippen molar-refractivity contribution >= 4 is 35.0 Å². The monoisotopic (exact) mass is 657 g/mol. The van der Waals surface area contributed by atoms with Gasteiger partial charge in [0.05, 0.1) is 30.3 Å². The number of carbonyl (C=O) groups is 3. The van der Waals surface area contributed by atoms with Crippen LogP contribution >= 0.6 is 0 Å². The average Bonchev–Trinajstić information content (AvgIpc) is 3.50. The lowest BCUT2D eigenvalue weighted by Crippen LogP contribution is -2.50. The van der Waals surface area contributed by atoms with E-state index in [1.54, 1.807) is 37.3 Å². The first kappa shape index (κ1) is 33.2. The summed E-state index contributed by atoms with van der Waals surface area (Å²) in [7, 11) is 1.51. The molecule has 2 aliphatic heterocycles. The van der Waals surface area contributed by atoms with Gasteiger partial charge >= 0.3 is 18.2 Å². The van der Waals surface area contributed by atoms with Crippen LogP contribution in [-0.4, -0.2) is 78.6 Å². The molecule has 3 atom stereocenters. The molecule has 5 amide bonds. The van der Waals surface area contributed by atoms with Crippen molar-refractivity contribution in [2.24, 2.45) is 5.92 Å². The minimum absolute atomic E-state index is 0.0561. The normalized spacial score (nSPS) is 17.9. The Labute approximate surface area is 268 Å². The first-order valence-electron chi connectivity index (χ1n) is 14.7. The number of fused-ring (bicyclic) bond motifs is 2. The summed E-state index contributed by atoms with van der Waals surface area (Å²) in [5.41, 5.74) is 0.250. The predicted octanol–water partition coefficient (Wildman–Crippen LogP) is 5.46. The van der Waals surface area contributed by atoms with Crippen molar-refractivity contribution in [3.05, 3.63) is 71.8 Å². The van der Waals surface area contributed by atoms with E-state index in [0.29, 0.717) is 22.9 Å². The number of likely N-dealkylation sites (N-methyl/N-ethyl adjacent to an activating group) is 1. The molecule has 3 aromatic rings. The lowest BCUT2D eigenvalue weighted by Gasteiger charge is -2.38. The number of ether oxygens (including phenoxy) is 3. The zero-order chi connectivity index (χ0) is 33.9. The Morgan fingerprint density at radius 3 is 2.23 bits per heavy atom. The van der Waals surface area contributed by atoms with E-state index in [1.165, 1.54) is 35.0 Å². The molecule has 15 heteroatoms. The van der Waals surface area contributed by atoms with Crippen molar-refractivity contribution in [1.29, 1.82) is 0 Å². The molecular weight excluding hydrogens is 623 g/mol. The second-order valence-corrected chi connectivity index (χ2v) is 11.4. The quantitative estimate of drug-likeness (QED) is 0.264. The maximum atomic E-state index is 13.7. The van der Waals surface area contributed by atoms with Crippen LogP contribution < -0.4 is 30.2 Å². The highest BCUT2D eigenvalue weighted by Gasteiger charge is 2.34. The van der Waals surface area contributed by atoms with Gasteiger partial charge < -0.3 is 45.1 Å². The third kappa shape index (κ3) is 7.80. The van der Waals surface area contributed by atoms with Crippen molar-refractivity contribution in [2.45, 2.75) is 32.2 Å². The number of anilines is 3. The van der Waals surface area contributed by atoms with Crippen molar-refractivity contribution in [3.63, 3.8) is 0 Å². The van der Waals surface area contributed by atoms with E-state index in [0.717, 1.165) is 12.1 Å². The summed E-state index contributed by atoms with van der Waals surface area (Å²) in [6, 6.07) is 11.9. The Morgan fingerprint density at radius 2 is 1.57 bits per heavy atom. The summed E-state index contributed by atoms with van der Waals surface area (Å²) in [6.45, 7) is 3.57. The van der Waals surface area contributed by atoms with Crippen LogP contribution in [0.15, 0.2) is 60.7 Å². The molecule has 0 bridgehead atoms. The fourth-order valence-electron chi connectivity index (χ4n) is 5.10. The largest absolute Gasteiger partial charge is 0.487 e. The van der Waals surface area contributed by atoms with Crippen LogP contribution in [0.3, 0.4) is 0 Å². The van der Waals surface area contributed by atoms with Gasteiger partial charge in [0.2, 0.25) is 6.79 Å². The van der Waals surface area contributed by atoms with Crippen LogP contribution in [0.4, 0.5) is 39.8 Å². The van der Waals surface area contributed by atoms with E-state index in [4.69, 9.17) is 14.2 Å². The van der Waals surface area contributed by atoms with Gasteiger partial charge in [-0.15, -0.1) is 0 Å². The molecule has 0 saturated heterocycles. The molecule has 3 aromatic carbocycles. The standard InChI is InChI=1S/C32H34F3N5O7/c1-18-14-40(19(2)16-41)29(42)24-12-22(36-30(43)37-23-9-11-26-27(13-23)46-17-45-26)8-10-25(24)47-28(18)15-39(3)31(44)38-21-6-4-20(5-7-21)32(33,34)35/h4-13,18-19,28,41H,14-17H2,1-3H3,(H,38,44)(H2,36,37,43)/t18-,19-,28-/m0/s1. The SMILES string of the molecule is C[C@H]1CN([C@@H](C)CO)C(=O)c2cc(NC(=O)Nc3ccc4c(c3)OCO4)ccc2O[C@H]1CN(C)C(=O)Nc1ccc(C(F)(F)F)cc1. The van der Waals surface area contributed by atoms with Gasteiger partial charge in [0.1, 0.15) is 11.9 Å². The first-order chi connectivity index (χ1) is 22.3. The summed E-state index contributed by atoms with van der Waals surface area (Å²) in [4.78, 5) is 42.3. The molecule has 0 spiro atoms. The molecule has 0 aromatic heterocycles. The second kappa shape index (κ2) is 13.7. The highest BCUT2D eigenvalue weighted by molar-refractivity contribution is 6.02. The molecule has 4 N–H and O–H groups in total. The van der Waals surface area contributed by atoms with Crippen LogP contribution in [-0.2, 0) is 6.18 Å². The molecule has 0 unspecified atom stereocenters. The van der Waals surface area contributed by atoms with E-state index in [-0.39, 0.29) is 49.4 Å². The van der Waals surface area contributed by atoms with Gasteiger partial charge in [0, 0.05) is 42.6 Å². The molecule has 0 saturated carbocycles. The maximum Gasteiger partial charge on any atom is 0.416 e. The fourth-order valence-corrected chi connectivity index (χ4v) is 5.10. The number of aliphatic hydroxyl groups excluding tert-OH is 1. The maximum absolute atomic E-state index is 13.7. The highest BCUT2D eigenvalue weighted by Crippen LogP contribution is 2.35. The second-order valence-electron chi connectivity index (χ2n) is 11.4. The van der Waals surface area contributed by atoms with Crippen molar-refractivity contribution < 1.29 is 46.9 Å². The Balaban J connectivity index is 1.31. The number of benzene rings is 3. The summed E-state index contributed by atoms with van der Waals surface area (Å²) in [6.07, 6.45) is -5.13. The van der Waals surface area contributed by atoms with Crippen molar-refractivity contribution in [3.8, 4) is 17.2 Å². The minimum Gasteiger partial charge on any atom is -0.487 e. The van der Waals surface area contributed by atoms with Crippen LogP contribution in [0.5, 0.6) is 17.2 Å². The van der Waals surface area contributed by atoms with E-state index >= 15 is 0 Å². The molecule has 0 radical (unpaired) electrons. The number of rotatable bonds is 7. The Bertz CT molecular complexity index is 1640. The summed E-state index contributed by atoms with van der Waals surface area (Å²) >= 11 is 0. The minimum atomic E-state index is -4.50. The number of hydrogen-bond acceptors (Lipinski definition) is 7. The molecule has 2 heterocycles. The smallest absolute Gasteiger partial charge is 0.416 e. The van der Waals surface area contributed by atoms with Gasteiger partial charge in [-0.1, -0.05) is 6.92 Å². The van der Waals surface area contributed by atoms with E-state index in [2.05, 4.69) is 16.0 Å². The molecule has 5 rings (SSSR count). The van der Waals surface area contributed by atoms with Crippen LogP contribution in [0.25, 0.3) is 0 Å². The van der Waals surface area contributed by atoms with Gasteiger partial charge in [-0.2, -0.15) is 13.2 Å². The predicted molar refractivity (Wildman–Crippen MR) is 166 cm³/mol. The summed E-state index contributed by atoms with van der Waals surface area (Å²) < 4.78 is 55.7. The number of hydrogen-bond donors (Lipinski definition) is 4. The Kier molecular flexibility index (Phi) is 9.65. The molecule has 2 aliphatic rings. The van der Waals surface area contributed by atoms with E-state index in [9.17, 15) is 32.7 Å². The van der Waals surface area contributed by atoms with Crippen LogP contribution in [0, 0.1) is 5.92 Å². The number of alkyl halides is 3. The molecule has 47 heavy (non-hydrogen) atoms. The summed E-state index contributed by atoms with van der Waals surface area (Å²) in [5, 5.41) is 17.9. The van der Waals surface area contributed by atoms with Gasteiger partial charge in [0.25, 0.3) is 5.91 Å². The van der Waals surface area contributed by atoms with Gasteiger partial charge in [0.15, 0.2) is 11.5 Å². The zero-order valence-electron chi connectivity index (χ0n) is 25.8. The summed E-state index contributed by atoms with van der Waals surface area (Å²) in [5.74, 6) is 0.542. The molecule has 0 fully saturated rings. The topological polar surface area (TPSA) is 142 Å². The number of nitrogens with one attached hydrogen (secondary N) is 3. The van der Waals surface area contributed by atoms with E-state index in [1.807, 2.05) is 6.92 Å². The Hall–Kier alpha value is -5.18. The highest BCUT2D eigenvalue weighted by atomic mass is 19.4. The van der Waals surface area contributed by atoms with E-state index < -0.39 is 41.9 Å². The number of urea groups is 2. The molecule has 0 aliphatic carbocycles.